The van der Waals surface area contributed by atoms with Crippen molar-refractivity contribution in [2.24, 2.45) is 0 Å². The Bertz CT molecular complexity index is 559. The van der Waals surface area contributed by atoms with Gasteiger partial charge in [0.15, 0.2) is 5.78 Å². The maximum atomic E-state index is 11.8. The molecule has 4 heteroatoms. The van der Waals surface area contributed by atoms with Crippen LogP contribution in [0.5, 0.6) is 0 Å². The van der Waals surface area contributed by atoms with Crippen LogP contribution in [0.1, 0.15) is 17.3 Å². The smallest absolute Gasteiger partial charge is 0.260 e. The lowest BCUT2D eigenvalue weighted by molar-refractivity contribution is 0.0991. The summed E-state index contributed by atoms with van der Waals surface area (Å²) in [7, 11) is 0. The highest BCUT2D eigenvalue weighted by atomic mass is 35.5. The first-order valence-corrected chi connectivity index (χ1v) is 5.34. The van der Waals surface area contributed by atoms with Crippen LogP contribution < -0.4 is 5.56 Å². The first kappa shape index (κ1) is 10.9. The number of carbonyl (C=O) groups is 1. The standard InChI is InChI=1S/C12H10ClNO2/c1-7(13)11(15)10-8-5-3-2-4-6-9(8)14-12(10)16/h2-7H,1H3,(H,14,16). The summed E-state index contributed by atoms with van der Waals surface area (Å²) >= 11 is 5.72. The van der Waals surface area contributed by atoms with Gasteiger partial charge < -0.3 is 4.98 Å². The van der Waals surface area contributed by atoms with E-state index in [-0.39, 0.29) is 16.9 Å². The molecular formula is C12H10ClNO2. The third-order valence-electron chi connectivity index (χ3n) is 2.39. The number of rotatable bonds is 2. The molecule has 0 aromatic heterocycles. The Kier molecular flexibility index (Phi) is 2.79. The van der Waals surface area contributed by atoms with Crippen LogP contribution in [0.15, 0.2) is 35.1 Å². The van der Waals surface area contributed by atoms with Crippen molar-refractivity contribution in [1.29, 1.82) is 0 Å². The van der Waals surface area contributed by atoms with Gasteiger partial charge in [0.1, 0.15) is 0 Å². The van der Waals surface area contributed by atoms with Crippen LogP contribution in [0, 0.1) is 0 Å². The molecule has 0 aromatic rings. The number of alkyl halides is 1. The molecule has 0 amide bonds. The molecule has 1 unspecified atom stereocenters. The number of fused-ring (bicyclic) bond motifs is 1. The molecule has 1 aliphatic heterocycles. The normalized spacial score (nSPS) is 12.6. The third-order valence-corrected chi connectivity index (χ3v) is 2.59. The van der Waals surface area contributed by atoms with Crippen LogP contribution in [0.2, 0.25) is 0 Å². The zero-order valence-corrected chi connectivity index (χ0v) is 9.41. The highest BCUT2D eigenvalue weighted by Gasteiger charge is 2.23. The Hall–Kier alpha value is -1.61. The average Bonchev–Trinajstić information content (AvgIpc) is 2.41. The molecule has 0 radical (unpaired) electrons. The molecule has 0 saturated heterocycles. The minimum absolute atomic E-state index is 0.147. The van der Waals surface area contributed by atoms with Crippen molar-refractivity contribution in [2.45, 2.75) is 12.3 Å². The van der Waals surface area contributed by atoms with Gasteiger partial charge >= 0.3 is 0 Å². The number of hydrogen-bond acceptors (Lipinski definition) is 2. The minimum Gasteiger partial charge on any atom is -0.321 e. The second kappa shape index (κ2) is 4.10. The highest BCUT2D eigenvalue weighted by Crippen LogP contribution is 2.22. The van der Waals surface area contributed by atoms with Crippen molar-refractivity contribution in [3.8, 4) is 11.3 Å². The number of Topliss-reactive ketones (excluding diaryl/α,β-unsaturated/α-hetero) is 1. The van der Waals surface area contributed by atoms with E-state index in [1.54, 1.807) is 31.2 Å². The Morgan fingerprint density at radius 1 is 1.31 bits per heavy atom. The van der Waals surface area contributed by atoms with Gasteiger partial charge in [-0.15, -0.1) is 11.6 Å². The third kappa shape index (κ3) is 1.74. The van der Waals surface area contributed by atoms with Crippen LogP contribution in [-0.2, 0) is 0 Å². The zero-order valence-electron chi connectivity index (χ0n) is 8.66. The number of nitrogens with one attached hydrogen (secondary N) is 1. The minimum atomic E-state index is -0.697. The van der Waals surface area contributed by atoms with Crippen molar-refractivity contribution in [3.05, 3.63) is 46.2 Å². The number of hydrogen-bond donors (Lipinski definition) is 1. The first-order chi connectivity index (χ1) is 7.61. The molecule has 1 atom stereocenters. The number of ketones is 1. The summed E-state index contributed by atoms with van der Waals surface area (Å²) in [6.07, 6.45) is 0. The van der Waals surface area contributed by atoms with Crippen molar-refractivity contribution < 1.29 is 4.79 Å². The zero-order chi connectivity index (χ0) is 11.7. The molecular weight excluding hydrogens is 226 g/mol. The van der Waals surface area contributed by atoms with Gasteiger partial charge in [-0.2, -0.15) is 0 Å². The van der Waals surface area contributed by atoms with E-state index in [0.717, 1.165) is 0 Å². The van der Waals surface area contributed by atoms with E-state index >= 15 is 0 Å². The Morgan fingerprint density at radius 3 is 2.69 bits per heavy atom. The van der Waals surface area contributed by atoms with Gasteiger partial charge in [-0.25, -0.2) is 0 Å². The second-order valence-corrected chi connectivity index (χ2v) is 4.20. The van der Waals surface area contributed by atoms with Gasteiger partial charge in [0.2, 0.25) is 0 Å². The summed E-state index contributed by atoms with van der Waals surface area (Å²) in [4.78, 5) is 26.1. The highest BCUT2D eigenvalue weighted by molar-refractivity contribution is 6.34. The van der Waals surface area contributed by atoms with Crippen LogP contribution in [0.4, 0.5) is 0 Å². The molecule has 0 saturated carbocycles. The quantitative estimate of drug-likeness (QED) is 0.641. The van der Waals surface area contributed by atoms with Gasteiger partial charge in [0.25, 0.3) is 5.56 Å². The fourth-order valence-corrected chi connectivity index (χ4v) is 1.73. The number of aromatic amines is 1. The summed E-state index contributed by atoms with van der Waals surface area (Å²) in [5.74, 6) is -0.343. The summed E-state index contributed by atoms with van der Waals surface area (Å²) in [6.45, 7) is 1.56. The topological polar surface area (TPSA) is 49.9 Å². The van der Waals surface area contributed by atoms with E-state index in [9.17, 15) is 9.59 Å². The number of aromatic nitrogens is 1. The molecule has 0 spiro atoms. The molecule has 16 heavy (non-hydrogen) atoms. The summed E-state index contributed by atoms with van der Waals surface area (Å²) in [6, 6.07) is 8.91. The maximum absolute atomic E-state index is 11.8. The van der Waals surface area contributed by atoms with E-state index < -0.39 is 5.38 Å². The molecule has 1 aliphatic carbocycles. The lowest BCUT2D eigenvalue weighted by Crippen LogP contribution is -2.18. The molecule has 0 fully saturated rings. The number of halogens is 1. The fraction of sp³-hybridized carbons (Fsp3) is 0.167. The predicted molar refractivity (Wildman–Crippen MR) is 63.3 cm³/mol. The van der Waals surface area contributed by atoms with Crippen molar-refractivity contribution in [1.82, 2.24) is 4.98 Å². The van der Waals surface area contributed by atoms with E-state index in [1.807, 2.05) is 6.07 Å². The Balaban J connectivity index is 2.70. The molecule has 1 heterocycles. The molecule has 82 valence electrons. The molecule has 2 aliphatic rings. The predicted octanol–water partition coefficient (Wildman–Crippen LogP) is 2.29. The van der Waals surface area contributed by atoms with Crippen LogP contribution >= 0.6 is 11.6 Å². The molecule has 0 aromatic carbocycles. The van der Waals surface area contributed by atoms with Gasteiger partial charge in [-0.1, -0.05) is 24.3 Å². The lowest BCUT2D eigenvalue weighted by atomic mass is 10.1. The average molecular weight is 236 g/mol. The van der Waals surface area contributed by atoms with Gasteiger partial charge in [-0.3, -0.25) is 9.59 Å². The van der Waals surface area contributed by atoms with E-state index in [4.69, 9.17) is 11.6 Å². The Morgan fingerprint density at radius 2 is 2.00 bits per heavy atom. The monoisotopic (exact) mass is 235 g/mol. The summed E-state index contributed by atoms with van der Waals surface area (Å²) in [5, 5.41) is -0.697. The van der Waals surface area contributed by atoms with Crippen molar-refractivity contribution in [2.75, 3.05) is 0 Å². The lowest BCUT2D eigenvalue weighted by Gasteiger charge is -2.00. The molecule has 3 nitrogen and oxygen atoms in total. The van der Waals surface area contributed by atoms with Crippen molar-refractivity contribution in [3.63, 3.8) is 0 Å². The van der Waals surface area contributed by atoms with Gasteiger partial charge in [-0.05, 0) is 13.0 Å². The SMILES string of the molecule is CC(Cl)C(=O)c1c2cccccc-2[nH]c1=O. The molecule has 0 bridgehead atoms. The summed E-state index contributed by atoms with van der Waals surface area (Å²) in [5.41, 5.74) is 1.04. The maximum Gasteiger partial charge on any atom is 0.260 e. The van der Waals surface area contributed by atoms with Crippen LogP contribution in [-0.4, -0.2) is 16.1 Å². The van der Waals surface area contributed by atoms with Crippen molar-refractivity contribution >= 4 is 17.4 Å². The van der Waals surface area contributed by atoms with Gasteiger partial charge in [0.05, 0.1) is 10.9 Å². The first-order valence-electron chi connectivity index (χ1n) is 4.90. The van der Waals surface area contributed by atoms with Crippen LogP contribution in [0.25, 0.3) is 11.3 Å². The molecule has 2 rings (SSSR count). The van der Waals surface area contributed by atoms with Gasteiger partial charge in [0, 0.05) is 11.3 Å². The fourth-order valence-electron chi connectivity index (χ4n) is 1.62. The second-order valence-electron chi connectivity index (χ2n) is 3.55. The van der Waals surface area contributed by atoms with Crippen LogP contribution in [0.3, 0.4) is 0 Å². The van der Waals surface area contributed by atoms with E-state index in [2.05, 4.69) is 4.98 Å². The summed E-state index contributed by atoms with van der Waals surface area (Å²) < 4.78 is 0. The van der Waals surface area contributed by atoms with E-state index in [1.165, 1.54) is 0 Å². The number of H-pyrrole nitrogens is 1. The number of carbonyl (C=O) groups excluding carboxylic acids is 1. The largest absolute Gasteiger partial charge is 0.321 e. The Labute approximate surface area is 97.4 Å². The van der Waals surface area contributed by atoms with E-state index in [0.29, 0.717) is 11.3 Å². The molecule has 1 N–H and O–H groups in total.